The highest BCUT2D eigenvalue weighted by molar-refractivity contribution is 7.84. The molecule has 0 aliphatic rings. The van der Waals surface area contributed by atoms with Crippen LogP contribution < -0.4 is 10.6 Å². The van der Waals surface area contributed by atoms with Crippen molar-refractivity contribution >= 4 is 22.5 Å². The Morgan fingerprint density at radius 2 is 2.00 bits per heavy atom. The second kappa shape index (κ2) is 8.98. The number of anilines is 1. The molecule has 23 heavy (non-hydrogen) atoms. The summed E-state index contributed by atoms with van der Waals surface area (Å²) in [6.07, 6.45) is 3.70. The van der Waals surface area contributed by atoms with Crippen molar-refractivity contribution in [1.29, 1.82) is 0 Å². The first-order valence-electron chi connectivity index (χ1n) is 7.66. The maximum Gasteiger partial charge on any atom is 0.319 e. The number of hydrogen-bond donors (Lipinski definition) is 3. The number of nitrogens with one attached hydrogen (secondary N) is 2. The van der Waals surface area contributed by atoms with E-state index in [0.717, 1.165) is 18.9 Å². The van der Waals surface area contributed by atoms with Crippen molar-refractivity contribution in [2.45, 2.75) is 38.0 Å². The van der Waals surface area contributed by atoms with Crippen LogP contribution in [0.2, 0.25) is 0 Å². The number of carbonyl (C=O) groups is 1. The molecule has 1 unspecified atom stereocenters. The van der Waals surface area contributed by atoms with Crippen LogP contribution in [-0.4, -0.2) is 34.8 Å². The van der Waals surface area contributed by atoms with E-state index in [1.807, 2.05) is 13.8 Å². The van der Waals surface area contributed by atoms with Crippen molar-refractivity contribution in [3.63, 3.8) is 0 Å². The first kappa shape index (κ1) is 19.6. The average Bonchev–Trinajstić information content (AvgIpc) is 2.51. The Labute approximate surface area is 139 Å². The van der Waals surface area contributed by atoms with Crippen molar-refractivity contribution in [2.24, 2.45) is 5.41 Å². The highest BCUT2D eigenvalue weighted by Gasteiger charge is 2.26. The van der Waals surface area contributed by atoms with Gasteiger partial charge >= 0.3 is 6.03 Å². The zero-order valence-electron chi connectivity index (χ0n) is 13.8. The molecular formula is C16H25FN2O3S. The van der Waals surface area contributed by atoms with Gasteiger partial charge in [0.15, 0.2) is 0 Å². The Kier molecular flexibility index (Phi) is 7.64. The minimum Gasteiger partial charge on any atom is -0.396 e. The molecule has 0 saturated heterocycles. The Bertz CT molecular complexity index is 562. The average molecular weight is 344 g/mol. The Morgan fingerprint density at radius 1 is 1.35 bits per heavy atom. The summed E-state index contributed by atoms with van der Waals surface area (Å²) in [6, 6.07) is 3.63. The Hall–Kier alpha value is -1.47. The van der Waals surface area contributed by atoms with E-state index in [1.165, 1.54) is 18.4 Å². The van der Waals surface area contributed by atoms with Crippen molar-refractivity contribution in [2.75, 3.05) is 24.7 Å². The molecule has 0 aliphatic carbocycles. The number of carbonyl (C=O) groups excluding carboxylic acids is 1. The molecule has 5 nitrogen and oxygen atoms in total. The molecule has 1 rings (SSSR count). The van der Waals surface area contributed by atoms with Gasteiger partial charge in [0.25, 0.3) is 0 Å². The Morgan fingerprint density at radius 3 is 2.48 bits per heavy atom. The monoisotopic (exact) mass is 344 g/mol. The van der Waals surface area contributed by atoms with Crippen LogP contribution in [0.3, 0.4) is 0 Å². The molecule has 0 saturated carbocycles. The van der Waals surface area contributed by atoms with Crippen LogP contribution in [0.15, 0.2) is 23.1 Å². The molecule has 130 valence electrons. The van der Waals surface area contributed by atoms with Gasteiger partial charge in [-0.05, 0) is 42.9 Å². The third-order valence-corrected chi connectivity index (χ3v) is 5.22. The van der Waals surface area contributed by atoms with Gasteiger partial charge in [0.1, 0.15) is 5.82 Å². The standard InChI is InChI=1S/C16H25FN2O3S/c1-4-16(5-2,8-9-20)11-18-15(21)19-12-6-7-14(23(3)22)13(17)10-12/h6-7,10,20H,4-5,8-9,11H2,1-3H3,(H2,18,19,21). The van der Waals surface area contributed by atoms with Gasteiger partial charge in [-0.3, -0.25) is 4.21 Å². The molecule has 1 aromatic rings. The van der Waals surface area contributed by atoms with Crippen molar-refractivity contribution in [3.05, 3.63) is 24.0 Å². The van der Waals surface area contributed by atoms with E-state index in [2.05, 4.69) is 10.6 Å². The molecule has 1 aromatic carbocycles. The number of rotatable bonds is 8. The molecule has 0 heterocycles. The van der Waals surface area contributed by atoms with Crippen LogP contribution in [0.4, 0.5) is 14.9 Å². The number of aliphatic hydroxyl groups is 1. The van der Waals surface area contributed by atoms with E-state index in [1.54, 1.807) is 0 Å². The molecule has 0 spiro atoms. The highest BCUT2D eigenvalue weighted by atomic mass is 32.2. The van der Waals surface area contributed by atoms with Crippen molar-refractivity contribution in [1.82, 2.24) is 5.32 Å². The third kappa shape index (κ3) is 5.58. The summed E-state index contributed by atoms with van der Waals surface area (Å²) in [7, 11) is -1.41. The van der Waals surface area contributed by atoms with Gasteiger partial charge in [0, 0.05) is 25.1 Å². The van der Waals surface area contributed by atoms with Crippen LogP contribution in [0.25, 0.3) is 0 Å². The van der Waals surface area contributed by atoms with Gasteiger partial charge < -0.3 is 15.7 Å². The summed E-state index contributed by atoms with van der Waals surface area (Å²) in [5.41, 5.74) is 0.162. The van der Waals surface area contributed by atoms with E-state index in [4.69, 9.17) is 0 Å². The first-order valence-corrected chi connectivity index (χ1v) is 9.22. The van der Waals surface area contributed by atoms with Gasteiger partial charge in [0.05, 0.1) is 15.7 Å². The zero-order chi connectivity index (χ0) is 17.5. The smallest absolute Gasteiger partial charge is 0.319 e. The lowest BCUT2D eigenvalue weighted by Crippen LogP contribution is -2.39. The molecular weight excluding hydrogens is 319 g/mol. The summed E-state index contributed by atoms with van der Waals surface area (Å²) >= 11 is 0. The Balaban J connectivity index is 2.66. The predicted molar refractivity (Wildman–Crippen MR) is 90.5 cm³/mol. The second-order valence-corrected chi connectivity index (χ2v) is 6.94. The van der Waals surface area contributed by atoms with Gasteiger partial charge in [-0.2, -0.15) is 0 Å². The molecule has 0 aromatic heterocycles. The molecule has 0 fully saturated rings. The van der Waals surface area contributed by atoms with Gasteiger partial charge in [-0.15, -0.1) is 0 Å². The minimum atomic E-state index is -1.41. The summed E-state index contributed by atoms with van der Waals surface area (Å²) < 4.78 is 25.0. The summed E-state index contributed by atoms with van der Waals surface area (Å²) in [4.78, 5) is 12.1. The van der Waals surface area contributed by atoms with Crippen molar-refractivity contribution in [3.8, 4) is 0 Å². The van der Waals surface area contributed by atoms with Crippen LogP contribution in [-0.2, 0) is 10.8 Å². The van der Waals surface area contributed by atoms with Crippen LogP contribution >= 0.6 is 0 Å². The van der Waals surface area contributed by atoms with E-state index >= 15 is 0 Å². The van der Waals surface area contributed by atoms with E-state index in [9.17, 15) is 18.5 Å². The normalized spacial score (nSPS) is 12.7. The minimum absolute atomic E-state index is 0.0752. The van der Waals surface area contributed by atoms with E-state index in [0.29, 0.717) is 18.7 Å². The van der Waals surface area contributed by atoms with Gasteiger partial charge in [0.2, 0.25) is 0 Å². The van der Waals surface area contributed by atoms with Crippen LogP contribution in [0, 0.1) is 11.2 Å². The molecule has 0 aliphatic heterocycles. The fraction of sp³-hybridized carbons (Fsp3) is 0.562. The zero-order valence-corrected chi connectivity index (χ0v) is 14.6. The molecule has 3 N–H and O–H groups in total. The van der Waals surface area contributed by atoms with Gasteiger partial charge in [-0.1, -0.05) is 13.8 Å². The summed E-state index contributed by atoms with van der Waals surface area (Å²) in [5.74, 6) is -0.611. The molecule has 7 heteroatoms. The lowest BCUT2D eigenvalue weighted by atomic mass is 9.79. The quantitative estimate of drug-likeness (QED) is 0.678. The lowest BCUT2D eigenvalue weighted by molar-refractivity contribution is 0.165. The maximum atomic E-state index is 13.7. The summed E-state index contributed by atoms with van der Waals surface area (Å²) in [6.45, 7) is 4.56. The fourth-order valence-electron chi connectivity index (χ4n) is 2.43. The number of halogens is 1. The fourth-order valence-corrected chi connectivity index (χ4v) is 3.03. The largest absolute Gasteiger partial charge is 0.396 e. The van der Waals surface area contributed by atoms with E-state index in [-0.39, 0.29) is 16.9 Å². The molecule has 0 bridgehead atoms. The first-order chi connectivity index (χ1) is 10.9. The third-order valence-electron chi connectivity index (χ3n) is 4.27. The van der Waals surface area contributed by atoms with E-state index < -0.39 is 22.6 Å². The van der Waals surface area contributed by atoms with Crippen LogP contribution in [0.5, 0.6) is 0 Å². The van der Waals surface area contributed by atoms with Crippen LogP contribution in [0.1, 0.15) is 33.1 Å². The maximum absolute atomic E-state index is 13.7. The molecule has 0 radical (unpaired) electrons. The molecule has 2 amide bonds. The topological polar surface area (TPSA) is 78.4 Å². The second-order valence-electron chi connectivity index (χ2n) is 5.59. The SMILES string of the molecule is CCC(CC)(CCO)CNC(=O)Nc1ccc(S(C)=O)c(F)c1. The highest BCUT2D eigenvalue weighted by Crippen LogP contribution is 2.29. The number of aliphatic hydroxyl groups excluding tert-OH is 1. The lowest BCUT2D eigenvalue weighted by Gasteiger charge is -2.31. The number of urea groups is 1. The van der Waals surface area contributed by atoms with Crippen molar-refractivity contribution < 1.29 is 18.5 Å². The van der Waals surface area contributed by atoms with Gasteiger partial charge in [-0.25, -0.2) is 9.18 Å². The predicted octanol–water partition coefficient (Wildman–Crippen LogP) is 2.87. The number of amides is 2. The summed E-state index contributed by atoms with van der Waals surface area (Å²) in [5, 5.41) is 14.5. The number of benzene rings is 1. The number of hydrogen-bond acceptors (Lipinski definition) is 3. The molecule has 1 atom stereocenters.